The van der Waals surface area contributed by atoms with Gasteiger partial charge in [0.25, 0.3) is 5.89 Å². The van der Waals surface area contributed by atoms with Gasteiger partial charge in [-0.15, -0.1) is 0 Å². The first-order valence-corrected chi connectivity index (χ1v) is 15.9. The molecule has 1 aliphatic rings. The van der Waals surface area contributed by atoms with Crippen molar-refractivity contribution in [3.05, 3.63) is 48.2 Å². The molecule has 14 heteroatoms. The largest absolute Gasteiger partial charge is 0.492 e. The van der Waals surface area contributed by atoms with Crippen molar-refractivity contribution in [1.29, 1.82) is 0 Å². The van der Waals surface area contributed by atoms with E-state index in [0.29, 0.717) is 40.7 Å². The zero-order valence-corrected chi connectivity index (χ0v) is 26.5. The molecule has 3 heterocycles. The van der Waals surface area contributed by atoms with Crippen molar-refractivity contribution in [3.63, 3.8) is 0 Å². The molecule has 1 aliphatic heterocycles. The molecule has 0 atom stereocenters. The number of rotatable bonds is 8. The highest BCUT2D eigenvalue weighted by atomic mass is 32.2. The fourth-order valence-corrected chi connectivity index (χ4v) is 5.11. The van der Waals surface area contributed by atoms with Crippen molar-refractivity contribution < 1.29 is 41.1 Å². The van der Waals surface area contributed by atoms with Crippen LogP contribution in [0.1, 0.15) is 47.3 Å². The molecule has 2 aromatic carbocycles. The summed E-state index contributed by atoms with van der Waals surface area (Å²) in [5, 5.41) is 7.76. The molecule has 1 saturated heterocycles. The third-order valence-electron chi connectivity index (χ3n) is 6.57. The molecule has 4 aromatic rings. The van der Waals surface area contributed by atoms with Crippen LogP contribution in [0.25, 0.3) is 33.8 Å². The molecular formula is C30H36N4O9S. The second-order valence-electron chi connectivity index (χ2n) is 12.0. The van der Waals surface area contributed by atoms with Crippen molar-refractivity contribution in [2.24, 2.45) is 0 Å². The van der Waals surface area contributed by atoms with E-state index in [2.05, 4.69) is 20.2 Å². The zero-order valence-electron chi connectivity index (χ0n) is 25.6. The summed E-state index contributed by atoms with van der Waals surface area (Å²) in [5.41, 5.74) is 0.121. The van der Waals surface area contributed by atoms with Crippen LogP contribution in [0.5, 0.6) is 5.75 Å². The molecule has 1 fully saturated rings. The third-order valence-corrected chi connectivity index (χ3v) is 7.16. The number of ether oxygens (including phenoxy) is 4. The highest BCUT2D eigenvalue weighted by Crippen LogP contribution is 2.37. The molecule has 0 spiro atoms. The van der Waals surface area contributed by atoms with E-state index in [1.165, 1.54) is 0 Å². The van der Waals surface area contributed by atoms with E-state index in [9.17, 15) is 13.2 Å². The van der Waals surface area contributed by atoms with Crippen LogP contribution in [0.3, 0.4) is 0 Å². The Morgan fingerprint density at radius 1 is 1.05 bits per heavy atom. The smallest absolute Gasteiger partial charge is 0.408 e. The predicted octanol–water partition coefficient (Wildman–Crippen LogP) is 5.42. The summed E-state index contributed by atoms with van der Waals surface area (Å²) >= 11 is 0. The average Bonchev–Trinajstić information content (AvgIpc) is 3.57. The summed E-state index contributed by atoms with van der Waals surface area (Å²) in [7, 11) is -3.56. The first-order chi connectivity index (χ1) is 20.5. The summed E-state index contributed by atoms with van der Waals surface area (Å²) in [5.74, 6) is 0.467. The van der Waals surface area contributed by atoms with Crippen LogP contribution in [0, 0.1) is 0 Å². The molecule has 0 unspecified atom stereocenters. The number of carbonyl (C=O) groups excluding carboxylic acids is 1. The summed E-state index contributed by atoms with van der Waals surface area (Å²) in [6.07, 6.45) is 0.427. The van der Waals surface area contributed by atoms with Gasteiger partial charge in [0.15, 0.2) is 5.79 Å². The molecule has 0 aliphatic carbocycles. The van der Waals surface area contributed by atoms with E-state index in [1.54, 1.807) is 77.9 Å². The van der Waals surface area contributed by atoms with Crippen molar-refractivity contribution in [1.82, 2.24) is 15.5 Å². The van der Waals surface area contributed by atoms with Crippen LogP contribution in [-0.4, -0.2) is 62.1 Å². The Morgan fingerprint density at radius 2 is 1.75 bits per heavy atom. The number of anilines is 1. The Kier molecular flexibility index (Phi) is 8.12. The van der Waals surface area contributed by atoms with Gasteiger partial charge >= 0.3 is 6.09 Å². The lowest BCUT2D eigenvalue weighted by molar-refractivity contribution is -0.274. The van der Waals surface area contributed by atoms with E-state index in [-0.39, 0.29) is 24.8 Å². The predicted molar refractivity (Wildman–Crippen MR) is 162 cm³/mol. The number of aromatic nitrogens is 2. The maximum atomic E-state index is 12.8. The normalized spacial score (nSPS) is 16.4. The quantitative estimate of drug-likeness (QED) is 0.256. The summed E-state index contributed by atoms with van der Waals surface area (Å²) in [6.45, 7) is 11.3. The van der Waals surface area contributed by atoms with E-state index in [4.69, 9.17) is 27.9 Å². The Balaban J connectivity index is 1.45. The lowest BCUT2D eigenvalue weighted by atomic mass is 9.96. The molecule has 5 rings (SSSR count). The van der Waals surface area contributed by atoms with Crippen LogP contribution in [-0.2, 0) is 29.8 Å². The molecule has 0 radical (unpaired) electrons. The second-order valence-corrected chi connectivity index (χ2v) is 13.7. The lowest BCUT2D eigenvalue weighted by Crippen LogP contribution is -2.59. The van der Waals surface area contributed by atoms with E-state index in [1.807, 2.05) is 6.07 Å². The van der Waals surface area contributed by atoms with Gasteiger partial charge in [-0.25, -0.2) is 13.2 Å². The molecule has 236 valence electrons. The van der Waals surface area contributed by atoms with Gasteiger partial charge in [0, 0.05) is 16.5 Å². The number of fused-ring (bicyclic) bond motifs is 1. The Hall–Kier alpha value is -4.14. The molecule has 44 heavy (non-hydrogen) atoms. The fourth-order valence-electron chi connectivity index (χ4n) is 4.55. The minimum atomic E-state index is -3.56. The van der Waals surface area contributed by atoms with Gasteiger partial charge in [0.2, 0.25) is 15.8 Å². The number of benzene rings is 2. The number of amides is 1. The number of furan rings is 1. The minimum absolute atomic E-state index is 0.0956. The number of alkyl carbamates (subject to hydrolysis) is 1. The highest BCUT2D eigenvalue weighted by Gasteiger charge is 2.46. The topological polar surface area (TPSA) is 164 Å². The Bertz CT molecular complexity index is 1780. The molecule has 13 nitrogen and oxygen atoms in total. The van der Waals surface area contributed by atoms with Crippen LogP contribution in [0.2, 0.25) is 0 Å². The van der Waals surface area contributed by atoms with Crippen molar-refractivity contribution in [2.45, 2.75) is 58.5 Å². The standard InChI is InChI=1S/C30H36N4O9S/c1-8-38-23-12-10-19(14-21(23)34-44(7,36)37)26-31-25(33-43-26)18-9-11-22-20(13-18)15-24(41-22)30(16-39-29(5,6)40-17-30)32-27(35)42-28(2,3)4/h9-15,34H,8,16-17H2,1-7H3,(H,32,35). The number of sulfonamides is 1. The molecule has 0 saturated carbocycles. The van der Waals surface area contributed by atoms with Crippen LogP contribution < -0.4 is 14.8 Å². The van der Waals surface area contributed by atoms with Gasteiger partial charge in [-0.1, -0.05) is 5.16 Å². The van der Waals surface area contributed by atoms with Gasteiger partial charge < -0.3 is 33.2 Å². The Morgan fingerprint density at radius 3 is 2.41 bits per heavy atom. The van der Waals surface area contributed by atoms with Crippen molar-refractivity contribution in [2.75, 3.05) is 30.8 Å². The van der Waals surface area contributed by atoms with Gasteiger partial charge in [0.1, 0.15) is 28.2 Å². The van der Waals surface area contributed by atoms with Gasteiger partial charge in [-0.3, -0.25) is 4.72 Å². The van der Waals surface area contributed by atoms with E-state index < -0.39 is 33.0 Å². The fraction of sp³-hybridized carbons (Fsp3) is 0.433. The van der Waals surface area contributed by atoms with E-state index in [0.717, 1.165) is 11.6 Å². The SMILES string of the molecule is CCOc1ccc(-c2nc(-c3ccc4oc(C5(NC(=O)OC(C)(C)C)COC(C)(C)OC5)cc4c3)no2)cc1NS(C)(=O)=O. The van der Waals surface area contributed by atoms with Crippen LogP contribution >= 0.6 is 0 Å². The molecule has 1 amide bonds. The van der Waals surface area contributed by atoms with Crippen molar-refractivity contribution in [3.8, 4) is 28.6 Å². The van der Waals surface area contributed by atoms with Crippen molar-refractivity contribution >= 4 is 32.8 Å². The molecule has 2 N–H and O–H groups in total. The number of carbonyl (C=O) groups is 1. The lowest BCUT2D eigenvalue weighted by Gasteiger charge is -2.42. The third kappa shape index (κ3) is 7.14. The number of nitrogens with one attached hydrogen (secondary N) is 2. The molecule has 0 bridgehead atoms. The zero-order chi connectivity index (χ0) is 31.9. The van der Waals surface area contributed by atoms with Gasteiger partial charge in [0.05, 0.1) is 31.8 Å². The summed E-state index contributed by atoms with van der Waals surface area (Å²) in [4.78, 5) is 17.4. The Labute approximate surface area is 255 Å². The van der Waals surface area contributed by atoms with Gasteiger partial charge in [-0.2, -0.15) is 4.98 Å². The summed E-state index contributed by atoms with van der Waals surface area (Å²) in [6, 6.07) is 12.1. The monoisotopic (exact) mass is 628 g/mol. The van der Waals surface area contributed by atoms with Gasteiger partial charge in [-0.05, 0) is 84.0 Å². The second kappa shape index (κ2) is 11.4. The van der Waals surface area contributed by atoms with Crippen LogP contribution in [0.15, 0.2) is 51.4 Å². The van der Waals surface area contributed by atoms with Crippen LogP contribution in [0.4, 0.5) is 10.5 Å². The maximum Gasteiger partial charge on any atom is 0.408 e. The van der Waals surface area contributed by atoms with E-state index >= 15 is 0 Å². The molecular weight excluding hydrogens is 592 g/mol. The summed E-state index contributed by atoms with van der Waals surface area (Å²) < 4.78 is 60.9. The number of hydrogen-bond donors (Lipinski definition) is 2. The maximum absolute atomic E-state index is 12.8. The molecule has 2 aromatic heterocycles. The first-order valence-electron chi connectivity index (χ1n) is 14.0. The first kappa shape index (κ1) is 31.3. The number of hydrogen-bond acceptors (Lipinski definition) is 11. The highest BCUT2D eigenvalue weighted by molar-refractivity contribution is 7.92. The average molecular weight is 629 g/mol. The minimum Gasteiger partial charge on any atom is -0.492 e. The number of nitrogens with zero attached hydrogens (tertiary/aromatic N) is 2.